The van der Waals surface area contributed by atoms with Gasteiger partial charge in [-0.25, -0.2) is 8.78 Å². The van der Waals surface area contributed by atoms with E-state index in [1.54, 1.807) is 6.92 Å². The lowest BCUT2D eigenvalue weighted by Gasteiger charge is -2.15. The van der Waals surface area contributed by atoms with Crippen molar-refractivity contribution in [2.75, 3.05) is 13.7 Å². The summed E-state index contributed by atoms with van der Waals surface area (Å²) in [5.74, 6) is -2.20. The summed E-state index contributed by atoms with van der Waals surface area (Å²) in [6, 6.07) is 7.50. The number of hydrogen-bond acceptors (Lipinski definition) is 4. The van der Waals surface area contributed by atoms with Crippen molar-refractivity contribution >= 4 is 5.91 Å². The van der Waals surface area contributed by atoms with Crippen molar-refractivity contribution in [3.8, 4) is 11.5 Å². The quantitative estimate of drug-likeness (QED) is 0.633. The van der Waals surface area contributed by atoms with Crippen LogP contribution in [0.2, 0.25) is 0 Å². The summed E-state index contributed by atoms with van der Waals surface area (Å²) in [5, 5.41) is 5.56. The molecule has 1 amide bonds. The predicted molar refractivity (Wildman–Crippen MR) is 94.2 cm³/mol. The van der Waals surface area contributed by atoms with Gasteiger partial charge in [0, 0.05) is 12.6 Å². The van der Waals surface area contributed by atoms with Crippen molar-refractivity contribution in [1.29, 1.82) is 0 Å². The van der Waals surface area contributed by atoms with Crippen LogP contribution in [0.1, 0.15) is 24.1 Å². The molecule has 0 unspecified atom stereocenters. The van der Waals surface area contributed by atoms with E-state index >= 15 is 0 Å². The van der Waals surface area contributed by atoms with Gasteiger partial charge < -0.3 is 20.1 Å². The fourth-order valence-corrected chi connectivity index (χ4v) is 2.42. The summed E-state index contributed by atoms with van der Waals surface area (Å²) in [6.45, 7) is -1.16. The second-order valence-electron chi connectivity index (χ2n) is 5.92. The number of ether oxygens (including phenoxy) is 2. The Kier molecular flexibility index (Phi) is 7.62. The molecule has 0 aliphatic rings. The number of benzene rings is 2. The summed E-state index contributed by atoms with van der Waals surface area (Å²) >= 11 is 0. The standard InChI is InChI=1S/C19H20F4N2O3/c1-11(13-4-5-14(20)15(21)8-13)24-10-18(26)25-9-12-3-6-16(28-19(22)23)17(7-12)27-2/h3-8,11,19,24H,9-10H2,1-2H3,(H,25,26)/t11-/m1/s1. The van der Waals surface area contributed by atoms with Gasteiger partial charge in [0.15, 0.2) is 23.1 Å². The Morgan fingerprint density at radius 1 is 1.07 bits per heavy atom. The Morgan fingerprint density at radius 3 is 2.46 bits per heavy atom. The van der Waals surface area contributed by atoms with Crippen LogP contribution in [-0.4, -0.2) is 26.2 Å². The van der Waals surface area contributed by atoms with Crippen molar-refractivity contribution in [2.45, 2.75) is 26.1 Å². The summed E-state index contributed by atoms with van der Waals surface area (Å²) in [6.07, 6.45) is 0. The van der Waals surface area contributed by atoms with Gasteiger partial charge in [0.25, 0.3) is 0 Å². The minimum atomic E-state index is -2.97. The SMILES string of the molecule is COc1cc(CNC(=O)CN[C@H](C)c2ccc(F)c(F)c2)ccc1OC(F)F. The number of methoxy groups -OCH3 is 1. The molecule has 0 bridgehead atoms. The molecule has 0 aromatic heterocycles. The maximum Gasteiger partial charge on any atom is 0.387 e. The van der Waals surface area contributed by atoms with E-state index in [4.69, 9.17) is 4.74 Å². The lowest BCUT2D eigenvalue weighted by Crippen LogP contribution is -2.34. The lowest BCUT2D eigenvalue weighted by atomic mass is 10.1. The zero-order valence-corrected chi connectivity index (χ0v) is 15.3. The monoisotopic (exact) mass is 400 g/mol. The van der Waals surface area contributed by atoms with Gasteiger partial charge in [0.1, 0.15) is 0 Å². The first-order valence-corrected chi connectivity index (χ1v) is 8.37. The minimum absolute atomic E-state index is 0.0517. The number of carbonyl (C=O) groups excluding carboxylic acids is 1. The molecule has 152 valence electrons. The van der Waals surface area contributed by atoms with E-state index in [0.717, 1.165) is 12.1 Å². The average Bonchev–Trinajstić information content (AvgIpc) is 2.66. The van der Waals surface area contributed by atoms with Crippen LogP contribution in [0.4, 0.5) is 17.6 Å². The fraction of sp³-hybridized carbons (Fsp3) is 0.316. The summed E-state index contributed by atoms with van der Waals surface area (Å²) < 4.78 is 60.2. The van der Waals surface area contributed by atoms with E-state index in [-0.39, 0.29) is 36.5 Å². The highest BCUT2D eigenvalue weighted by atomic mass is 19.3. The summed E-state index contributed by atoms with van der Waals surface area (Å²) in [7, 11) is 1.32. The van der Waals surface area contributed by atoms with Crippen LogP contribution in [0.25, 0.3) is 0 Å². The van der Waals surface area contributed by atoms with Crippen LogP contribution >= 0.6 is 0 Å². The first-order chi connectivity index (χ1) is 13.3. The number of rotatable bonds is 9. The van der Waals surface area contributed by atoms with Gasteiger partial charge in [-0.2, -0.15) is 8.78 Å². The molecule has 0 saturated carbocycles. The number of carbonyl (C=O) groups is 1. The molecule has 0 fully saturated rings. The van der Waals surface area contributed by atoms with E-state index in [9.17, 15) is 22.4 Å². The van der Waals surface area contributed by atoms with E-state index in [1.807, 2.05) is 0 Å². The molecule has 2 aromatic rings. The average molecular weight is 400 g/mol. The fourth-order valence-electron chi connectivity index (χ4n) is 2.42. The highest BCUT2D eigenvalue weighted by Crippen LogP contribution is 2.29. The van der Waals surface area contributed by atoms with Gasteiger partial charge in [-0.05, 0) is 42.3 Å². The van der Waals surface area contributed by atoms with Gasteiger partial charge in [-0.1, -0.05) is 12.1 Å². The Labute approximate surface area is 159 Å². The number of halogens is 4. The van der Waals surface area contributed by atoms with Gasteiger partial charge in [-0.3, -0.25) is 4.79 Å². The van der Waals surface area contributed by atoms with Crippen LogP contribution in [0.3, 0.4) is 0 Å². The van der Waals surface area contributed by atoms with E-state index < -0.39 is 18.2 Å². The van der Waals surface area contributed by atoms with Crippen LogP contribution < -0.4 is 20.1 Å². The molecule has 0 saturated heterocycles. The van der Waals surface area contributed by atoms with Crippen molar-refractivity contribution in [2.24, 2.45) is 0 Å². The Morgan fingerprint density at radius 2 is 1.82 bits per heavy atom. The van der Waals surface area contributed by atoms with Gasteiger partial charge in [-0.15, -0.1) is 0 Å². The van der Waals surface area contributed by atoms with E-state index in [1.165, 1.54) is 31.4 Å². The molecule has 9 heteroatoms. The molecule has 0 aliphatic carbocycles. The summed E-state index contributed by atoms with van der Waals surface area (Å²) in [4.78, 5) is 12.0. The highest BCUT2D eigenvalue weighted by Gasteiger charge is 2.13. The third-order valence-corrected chi connectivity index (χ3v) is 3.95. The molecular formula is C19H20F4N2O3. The van der Waals surface area contributed by atoms with Crippen molar-refractivity contribution in [3.63, 3.8) is 0 Å². The molecule has 0 radical (unpaired) electrons. The first-order valence-electron chi connectivity index (χ1n) is 8.37. The third kappa shape index (κ3) is 6.12. The van der Waals surface area contributed by atoms with Crippen LogP contribution in [0.15, 0.2) is 36.4 Å². The molecule has 28 heavy (non-hydrogen) atoms. The number of amides is 1. The van der Waals surface area contributed by atoms with E-state index in [0.29, 0.717) is 11.1 Å². The molecule has 0 aliphatic heterocycles. The van der Waals surface area contributed by atoms with Crippen molar-refractivity contribution in [1.82, 2.24) is 10.6 Å². The number of alkyl halides is 2. The topological polar surface area (TPSA) is 59.6 Å². The molecule has 2 aromatic carbocycles. The van der Waals surface area contributed by atoms with Crippen molar-refractivity contribution in [3.05, 3.63) is 59.2 Å². The normalized spacial score (nSPS) is 12.0. The Hall–Kier alpha value is -2.81. The molecule has 2 N–H and O–H groups in total. The highest BCUT2D eigenvalue weighted by molar-refractivity contribution is 5.78. The predicted octanol–water partition coefficient (Wildman–Crippen LogP) is 3.54. The maximum absolute atomic E-state index is 13.3. The van der Waals surface area contributed by atoms with Gasteiger partial charge >= 0.3 is 6.61 Å². The van der Waals surface area contributed by atoms with Crippen LogP contribution in [-0.2, 0) is 11.3 Å². The third-order valence-electron chi connectivity index (χ3n) is 3.95. The second kappa shape index (κ2) is 9.93. The van der Waals surface area contributed by atoms with E-state index in [2.05, 4.69) is 15.4 Å². The number of nitrogens with one attached hydrogen (secondary N) is 2. The zero-order chi connectivity index (χ0) is 20.7. The zero-order valence-electron chi connectivity index (χ0n) is 15.3. The number of hydrogen-bond donors (Lipinski definition) is 2. The molecule has 0 spiro atoms. The molecule has 2 rings (SSSR count). The lowest BCUT2D eigenvalue weighted by molar-refractivity contribution is -0.120. The van der Waals surface area contributed by atoms with Crippen molar-refractivity contribution < 1.29 is 31.8 Å². The Balaban J connectivity index is 1.85. The first kappa shape index (κ1) is 21.5. The maximum atomic E-state index is 13.3. The molecule has 0 heterocycles. The molecular weight excluding hydrogens is 380 g/mol. The second-order valence-corrected chi connectivity index (χ2v) is 5.92. The van der Waals surface area contributed by atoms with Gasteiger partial charge in [0.05, 0.1) is 13.7 Å². The smallest absolute Gasteiger partial charge is 0.387 e. The molecule has 1 atom stereocenters. The minimum Gasteiger partial charge on any atom is -0.493 e. The van der Waals surface area contributed by atoms with Gasteiger partial charge in [0.2, 0.25) is 5.91 Å². The van der Waals surface area contributed by atoms with Crippen LogP contribution in [0.5, 0.6) is 11.5 Å². The largest absolute Gasteiger partial charge is 0.493 e. The Bertz CT molecular complexity index is 818. The van der Waals surface area contributed by atoms with Crippen LogP contribution in [0, 0.1) is 11.6 Å². The molecule has 5 nitrogen and oxygen atoms in total. The summed E-state index contributed by atoms with van der Waals surface area (Å²) in [5.41, 5.74) is 1.13.